The Hall–Kier alpha value is -2.44. The number of pyridine rings is 1. The van der Waals surface area contributed by atoms with Gasteiger partial charge in [-0.1, -0.05) is 24.3 Å². The van der Waals surface area contributed by atoms with E-state index in [9.17, 15) is 4.79 Å². The third-order valence-electron chi connectivity index (χ3n) is 6.34. The van der Waals surface area contributed by atoms with E-state index >= 15 is 0 Å². The molecule has 1 aromatic carbocycles. The first-order valence-corrected chi connectivity index (χ1v) is 10.4. The fraction of sp³-hybridized carbons (Fsp3) is 0.478. The van der Waals surface area contributed by atoms with Crippen molar-refractivity contribution in [3.63, 3.8) is 0 Å². The molecule has 0 saturated carbocycles. The zero-order chi connectivity index (χ0) is 19.7. The van der Waals surface area contributed by atoms with Gasteiger partial charge in [0.15, 0.2) is 6.10 Å². The SMILES string of the molecule is O=C([C@H]1Cc2ccccc2O1)N1CC2(C1)OCC[C@@H]2CCOCc1ccccn1. The number of benzene rings is 1. The largest absolute Gasteiger partial charge is 0.480 e. The first kappa shape index (κ1) is 18.6. The van der Waals surface area contributed by atoms with Crippen LogP contribution >= 0.6 is 0 Å². The van der Waals surface area contributed by atoms with Crippen molar-refractivity contribution in [2.24, 2.45) is 5.92 Å². The number of hydrogen-bond acceptors (Lipinski definition) is 5. The normalized spacial score (nSPS) is 24.2. The highest BCUT2D eigenvalue weighted by Crippen LogP contribution is 2.42. The summed E-state index contributed by atoms with van der Waals surface area (Å²) in [6.07, 6.45) is 4.02. The van der Waals surface area contributed by atoms with E-state index in [1.807, 2.05) is 47.4 Å². The van der Waals surface area contributed by atoms with E-state index in [1.165, 1.54) is 0 Å². The highest BCUT2D eigenvalue weighted by Gasteiger charge is 2.55. The lowest BCUT2D eigenvalue weighted by atomic mass is 9.79. The van der Waals surface area contributed by atoms with Crippen LogP contribution in [0, 0.1) is 5.92 Å². The van der Waals surface area contributed by atoms with E-state index < -0.39 is 6.10 Å². The number of ether oxygens (including phenoxy) is 3. The van der Waals surface area contributed by atoms with Gasteiger partial charge < -0.3 is 19.1 Å². The molecule has 2 aromatic rings. The van der Waals surface area contributed by atoms with Crippen molar-refractivity contribution >= 4 is 5.91 Å². The zero-order valence-corrected chi connectivity index (χ0v) is 16.5. The van der Waals surface area contributed by atoms with Crippen LogP contribution in [0.4, 0.5) is 0 Å². The Morgan fingerprint density at radius 2 is 2.07 bits per heavy atom. The average molecular weight is 394 g/mol. The maximum Gasteiger partial charge on any atom is 0.264 e. The zero-order valence-electron chi connectivity index (χ0n) is 16.5. The van der Waals surface area contributed by atoms with Crippen molar-refractivity contribution < 1.29 is 19.0 Å². The molecule has 152 valence electrons. The summed E-state index contributed by atoms with van der Waals surface area (Å²) in [6, 6.07) is 13.7. The molecular formula is C23H26N2O4. The molecule has 3 aliphatic heterocycles. The summed E-state index contributed by atoms with van der Waals surface area (Å²) >= 11 is 0. The number of amides is 1. The summed E-state index contributed by atoms with van der Waals surface area (Å²) in [6.45, 7) is 3.30. The Balaban J connectivity index is 1.10. The van der Waals surface area contributed by atoms with Crippen LogP contribution < -0.4 is 4.74 Å². The van der Waals surface area contributed by atoms with Gasteiger partial charge in [0, 0.05) is 25.8 Å². The van der Waals surface area contributed by atoms with Crippen LogP contribution in [0.25, 0.3) is 0 Å². The number of likely N-dealkylation sites (tertiary alicyclic amines) is 1. The Morgan fingerprint density at radius 1 is 1.21 bits per heavy atom. The van der Waals surface area contributed by atoms with Crippen LogP contribution in [0.3, 0.4) is 0 Å². The topological polar surface area (TPSA) is 60.9 Å². The van der Waals surface area contributed by atoms with E-state index in [2.05, 4.69) is 4.98 Å². The Labute approximate surface area is 170 Å². The second-order valence-corrected chi connectivity index (χ2v) is 8.17. The van der Waals surface area contributed by atoms with Crippen LogP contribution in [-0.4, -0.2) is 53.8 Å². The van der Waals surface area contributed by atoms with Gasteiger partial charge >= 0.3 is 0 Å². The average Bonchev–Trinajstić information content (AvgIpc) is 3.34. The van der Waals surface area contributed by atoms with Crippen LogP contribution in [-0.2, 0) is 27.3 Å². The molecule has 3 aliphatic rings. The fourth-order valence-electron chi connectivity index (χ4n) is 4.71. The number of fused-ring (bicyclic) bond motifs is 1. The number of hydrogen-bond donors (Lipinski definition) is 0. The van der Waals surface area contributed by atoms with Crippen LogP contribution in [0.5, 0.6) is 5.75 Å². The predicted molar refractivity (Wildman–Crippen MR) is 106 cm³/mol. The molecule has 2 atom stereocenters. The number of aromatic nitrogens is 1. The van der Waals surface area contributed by atoms with Gasteiger partial charge in [-0.15, -0.1) is 0 Å². The number of nitrogens with zero attached hydrogens (tertiary/aromatic N) is 2. The monoisotopic (exact) mass is 394 g/mol. The van der Waals surface area contributed by atoms with Gasteiger partial charge in [0.2, 0.25) is 0 Å². The summed E-state index contributed by atoms with van der Waals surface area (Å²) < 4.78 is 17.8. The van der Waals surface area contributed by atoms with E-state index in [-0.39, 0.29) is 11.5 Å². The van der Waals surface area contributed by atoms with E-state index in [4.69, 9.17) is 14.2 Å². The molecule has 0 radical (unpaired) electrons. The number of carbonyl (C=O) groups excluding carboxylic acids is 1. The molecule has 0 unspecified atom stereocenters. The number of rotatable bonds is 6. The third-order valence-corrected chi connectivity index (χ3v) is 6.34. The van der Waals surface area contributed by atoms with Crippen molar-refractivity contribution in [1.82, 2.24) is 9.88 Å². The standard InChI is InChI=1S/C23H26N2O4/c26-22(21-13-17-5-1-2-7-20(17)29-21)25-15-23(16-25)18(9-12-28-23)8-11-27-14-19-6-3-4-10-24-19/h1-7,10,18,21H,8-9,11-16H2/t18-,21+/m0/s1. The molecule has 1 amide bonds. The second kappa shape index (κ2) is 7.76. The first-order valence-electron chi connectivity index (χ1n) is 10.4. The maximum atomic E-state index is 12.9. The molecule has 2 fully saturated rings. The van der Waals surface area contributed by atoms with Crippen molar-refractivity contribution in [1.29, 1.82) is 0 Å². The van der Waals surface area contributed by atoms with Crippen LogP contribution in [0.15, 0.2) is 48.7 Å². The minimum atomic E-state index is -0.397. The second-order valence-electron chi connectivity index (χ2n) is 8.17. The minimum absolute atomic E-state index is 0.0764. The Morgan fingerprint density at radius 3 is 2.90 bits per heavy atom. The predicted octanol–water partition coefficient (Wildman–Crippen LogP) is 2.61. The Kier molecular flexibility index (Phi) is 4.97. The smallest absolute Gasteiger partial charge is 0.264 e. The van der Waals surface area contributed by atoms with Crippen molar-refractivity contribution in [3.8, 4) is 5.75 Å². The van der Waals surface area contributed by atoms with Gasteiger partial charge in [-0.3, -0.25) is 9.78 Å². The molecule has 2 saturated heterocycles. The van der Waals surface area contributed by atoms with Crippen LogP contribution in [0.2, 0.25) is 0 Å². The molecule has 5 rings (SSSR count). The van der Waals surface area contributed by atoms with Crippen molar-refractivity contribution in [2.45, 2.75) is 37.6 Å². The number of para-hydroxylation sites is 1. The highest BCUT2D eigenvalue weighted by atomic mass is 16.5. The Bertz CT molecular complexity index is 841. The molecule has 1 aromatic heterocycles. The van der Waals surface area contributed by atoms with Gasteiger partial charge in [0.1, 0.15) is 11.4 Å². The molecule has 29 heavy (non-hydrogen) atoms. The van der Waals surface area contributed by atoms with Crippen molar-refractivity contribution in [2.75, 3.05) is 26.3 Å². The summed E-state index contributed by atoms with van der Waals surface area (Å²) in [5.41, 5.74) is 1.86. The molecule has 0 N–H and O–H groups in total. The lowest BCUT2D eigenvalue weighted by Crippen LogP contribution is -2.67. The molecule has 0 aliphatic carbocycles. The lowest BCUT2D eigenvalue weighted by Gasteiger charge is -2.50. The van der Waals surface area contributed by atoms with Gasteiger partial charge in [-0.2, -0.15) is 0 Å². The quantitative estimate of drug-likeness (QED) is 0.705. The van der Waals surface area contributed by atoms with Gasteiger partial charge in [0.25, 0.3) is 5.91 Å². The summed E-state index contributed by atoms with van der Waals surface area (Å²) in [4.78, 5) is 19.0. The first-order chi connectivity index (χ1) is 14.2. The van der Waals surface area contributed by atoms with Gasteiger partial charge in [-0.25, -0.2) is 0 Å². The van der Waals surface area contributed by atoms with Crippen molar-refractivity contribution in [3.05, 3.63) is 59.9 Å². The highest BCUT2D eigenvalue weighted by molar-refractivity contribution is 5.83. The third kappa shape index (κ3) is 3.63. The molecule has 6 nitrogen and oxygen atoms in total. The number of carbonyl (C=O) groups is 1. The fourth-order valence-corrected chi connectivity index (χ4v) is 4.71. The van der Waals surface area contributed by atoms with Crippen LogP contribution in [0.1, 0.15) is 24.1 Å². The lowest BCUT2D eigenvalue weighted by molar-refractivity contribution is -0.171. The molecule has 1 spiro atoms. The minimum Gasteiger partial charge on any atom is -0.480 e. The molecule has 6 heteroatoms. The molecule has 4 heterocycles. The van der Waals surface area contributed by atoms with E-state index in [1.54, 1.807) is 6.20 Å². The van der Waals surface area contributed by atoms with Gasteiger partial charge in [-0.05, 0) is 42.5 Å². The summed E-state index contributed by atoms with van der Waals surface area (Å²) in [7, 11) is 0. The summed E-state index contributed by atoms with van der Waals surface area (Å²) in [5, 5.41) is 0. The van der Waals surface area contributed by atoms with E-state index in [0.29, 0.717) is 38.6 Å². The van der Waals surface area contributed by atoms with E-state index in [0.717, 1.165) is 36.5 Å². The molecule has 0 bridgehead atoms. The van der Waals surface area contributed by atoms with Gasteiger partial charge in [0.05, 0.1) is 25.4 Å². The maximum absolute atomic E-state index is 12.9. The summed E-state index contributed by atoms with van der Waals surface area (Å²) in [5.74, 6) is 1.34. The molecular weight excluding hydrogens is 368 g/mol.